The van der Waals surface area contributed by atoms with Gasteiger partial charge in [-0.1, -0.05) is 6.07 Å². The molecule has 1 aromatic carbocycles. The summed E-state index contributed by atoms with van der Waals surface area (Å²) in [6.07, 6.45) is 1.31. The highest BCUT2D eigenvalue weighted by Crippen LogP contribution is 2.13. The molecule has 1 rings (SSSR count). The maximum absolute atomic E-state index is 13.0. The van der Waals surface area contributed by atoms with Crippen molar-refractivity contribution in [2.45, 2.75) is 0 Å². The normalized spacial score (nSPS) is 10.2. The summed E-state index contributed by atoms with van der Waals surface area (Å²) in [7, 11) is 1.35. The van der Waals surface area contributed by atoms with Crippen LogP contribution in [0.2, 0.25) is 0 Å². The fourth-order valence-corrected chi connectivity index (χ4v) is 1.18. The summed E-state index contributed by atoms with van der Waals surface area (Å²) in [5.41, 5.74) is 0.257. The number of carboxylic acids is 1. The molecule has 0 heterocycles. The molecule has 0 spiro atoms. The Bertz CT molecular complexity index is 542. The molecule has 0 aliphatic rings. The van der Waals surface area contributed by atoms with Gasteiger partial charge in [0.1, 0.15) is 5.82 Å². The Balaban J connectivity index is 2.68. The molecule has 6 nitrogen and oxygen atoms in total. The van der Waals surface area contributed by atoms with Crippen molar-refractivity contribution in [1.82, 2.24) is 5.32 Å². The molecule has 7 heteroatoms. The summed E-state index contributed by atoms with van der Waals surface area (Å²) in [6, 6.07) is 4.44. The number of hydrogen-bond donors (Lipinski definition) is 2. The molecule has 0 aliphatic heterocycles. The average Bonchev–Trinajstić information content (AvgIpc) is 2.35. The molecule has 3 amide bonds. The molecule has 19 heavy (non-hydrogen) atoms. The van der Waals surface area contributed by atoms with Crippen LogP contribution in [0.4, 0.5) is 14.9 Å². The van der Waals surface area contributed by atoms with Gasteiger partial charge in [0.15, 0.2) is 0 Å². The van der Waals surface area contributed by atoms with Gasteiger partial charge in [0.05, 0.1) is 0 Å². The minimum atomic E-state index is -1.30. The van der Waals surface area contributed by atoms with Crippen LogP contribution in [-0.4, -0.2) is 30.1 Å². The van der Waals surface area contributed by atoms with Gasteiger partial charge in [0, 0.05) is 24.9 Å². The number of carbonyl (C=O) groups is 3. The van der Waals surface area contributed by atoms with Crippen LogP contribution in [0.25, 0.3) is 0 Å². The lowest BCUT2D eigenvalue weighted by atomic mass is 10.3. The number of nitrogens with zero attached hydrogens (tertiary/aromatic N) is 1. The third-order valence-electron chi connectivity index (χ3n) is 2.11. The fraction of sp³-hybridized carbons (Fsp3) is 0.0833. The van der Waals surface area contributed by atoms with Gasteiger partial charge in [-0.15, -0.1) is 0 Å². The molecule has 100 valence electrons. The summed E-state index contributed by atoms with van der Waals surface area (Å²) in [4.78, 5) is 34.0. The first-order valence-corrected chi connectivity index (χ1v) is 5.15. The zero-order chi connectivity index (χ0) is 14.4. The molecule has 0 bridgehead atoms. The monoisotopic (exact) mass is 266 g/mol. The topological polar surface area (TPSA) is 86.7 Å². The summed E-state index contributed by atoms with van der Waals surface area (Å²) < 4.78 is 13.0. The average molecular weight is 266 g/mol. The quantitative estimate of drug-likeness (QED) is 0.803. The van der Waals surface area contributed by atoms with E-state index in [4.69, 9.17) is 5.11 Å². The zero-order valence-electron chi connectivity index (χ0n) is 9.96. The Morgan fingerprint density at radius 2 is 2.00 bits per heavy atom. The SMILES string of the molecule is CN(C(=O)NC(=O)C=CC(=O)O)c1cccc(F)c1. The molecular formula is C12H11FN2O4. The lowest BCUT2D eigenvalue weighted by Crippen LogP contribution is -2.40. The Labute approximate surface area is 108 Å². The van der Waals surface area contributed by atoms with Crippen LogP contribution >= 0.6 is 0 Å². The van der Waals surface area contributed by atoms with Crippen LogP contribution in [0.3, 0.4) is 0 Å². The number of halogens is 1. The summed E-state index contributed by atoms with van der Waals surface area (Å²) >= 11 is 0. The predicted octanol–water partition coefficient (Wildman–Crippen LogP) is 1.14. The maximum Gasteiger partial charge on any atom is 0.328 e. The Hall–Kier alpha value is -2.70. The van der Waals surface area contributed by atoms with Gasteiger partial charge in [-0.05, 0) is 18.2 Å². The van der Waals surface area contributed by atoms with E-state index in [2.05, 4.69) is 0 Å². The molecule has 0 aliphatic carbocycles. The molecule has 1 aromatic rings. The molecule has 0 saturated heterocycles. The van der Waals surface area contributed by atoms with Crippen LogP contribution in [0.15, 0.2) is 36.4 Å². The second-order valence-corrected chi connectivity index (χ2v) is 3.50. The number of urea groups is 1. The van der Waals surface area contributed by atoms with E-state index in [1.807, 2.05) is 5.32 Å². The molecule has 2 N–H and O–H groups in total. The Morgan fingerprint density at radius 3 is 2.58 bits per heavy atom. The molecule has 0 radical (unpaired) electrons. The predicted molar refractivity (Wildman–Crippen MR) is 65.1 cm³/mol. The van der Waals surface area contributed by atoms with E-state index in [-0.39, 0.29) is 5.69 Å². The molecular weight excluding hydrogens is 255 g/mol. The second kappa shape index (κ2) is 6.29. The standard InChI is InChI=1S/C12H11FN2O4/c1-15(9-4-2-3-8(13)7-9)12(19)14-10(16)5-6-11(17)18/h2-7H,1H3,(H,17,18)(H,14,16,19). The highest BCUT2D eigenvalue weighted by molar-refractivity contribution is 6.07. The van der Waals surface area contributed by atoms with E-state index < -0.39 is 23.7 Å². The first kappa shape index (κ1) is 14.4. The van der Waals surface area contributed by atoms with E-state index in [1.165, 1.54) is 25.2 Å². The van der Waals surface area contributed by atoms with Crippen molar-refractivity contribution in [3.8, 4) is 0 Å². The van der Waals surface area contributed by atoms with Gasteiger partial charge in [-0.3, -0.25) is 15.0 Å². The van der Waals surface area contributed by atoms with Crippen LogP contribution in [-0.2, 0) is 9.59 Å². The third-order valence-corrected chi connectivity index (χ3v) is 2.11. The summed E-state index contributed by atoms with van der Waals surface area (Å²) in [5, 5.41) is 10.2. The third kappa shape index (κ3) is 4.58. The lowest BCUT2D eigenvalue weighted by molar-refractivity contribution is -0.131. The van der Waals surface area contributed by atoms with Crippen LogP contribution in [0.1, 0.15) is 0 Å². The van der Waals surface area contributed by atoms with Gasteiger partial charge in [-0.25, -0.2) is 14.0 Å². The number of amides is 3. The number of rotatable bonds is 3. The highest BCUT2D eigenvalue weighted by atomic mass is 19.1. The summed E-state index contributed by atoms with van der Waals surface area (Å²) in [5.74, 6) is -2.70. The van der Waals surface area contributed by atoms with Crippen molar-refractivity contribution < 1.29 is 23.9 Å². The molecule has 0 atom stereocenters. The minimum Gasteiger partial charge on any atom is -0.478 e. The van der Waals surface area contributed by atoms with Crippen molar-refractivity contribution in [2.24, 2.45) is 0 Å². The van der Waals surface area contributed by atoms with Crippen LogP contribution in [0.5, 0.6) is 0 Å². The number of hydrogen-bond acceptors (Lipinski definition) is 3. The molecule has 0 fully saturated rings. The number of aliphatic carboxylic acids is 1. The number of benzene rings is 1. The molecule has 0 aromatic heterocycles. The Kier molecular flexibility index (Phi) is 4.76. The highest BCUT2D eigenvalue weighted by Gasteiger charge is 2.13. The van der Waals surface area contributed by atoms with Crippen molar-refractivity contribution in [3.05, 3.63) is 42.2 Å². The first-order valence-electron chi connectivity index (χ1n) is 5.15. The smallest absolute Gasteiger partial charge is 0.328 e. The van der Waals surface area contributed by atoms with E-state index in [1.54, 1.807) is 0 Å². The van der Waals surface area contributed by atoms with Crippen LogP contribution in [0, 0.1) is 5.82 Å². The van der Waals surface area contributed by atoms with E-state index in [0.29, 0.717) is 12.2 Å². The van der Waals surface area contributed by atoms with E-state index in [0.717, 1.165) is 11.0 Å². The number of carbonyl (C=O) groups excluding carboxylic acids is 2. The fourth-order valence-electron chi connectivity index (χ4n) is 1.18. The van der Waals surface area contributed by atoms with E-state index in [9.17, 15) is 18.8 Å². The molecule has 0 unspecified atom stereocenters. The van der Waals surface area contributed by atoms with Gasteiger partial charge in [-0.2, -0.15) is 0 Å². The van der Waals surface area contributed by atoms with Gasteiger partial charge >= 0.3 is 12.0 Å². The maximum atomic E-state index is 13.0. The summed E-state index contributed by atoms with van der Waals surface area (Å²) in [6.45, 7) is 0. The molecule has 0 saturated carbocycles. The van der Waals surface area contributed by atoms with E-state index >= 15 is 0 Å². The van der Waals surface area contributed by atoms with Crippen molar-refractivity contribution in [3.63, 3.8) is 0 Å². The largest absolute Gasteiger partial charge is 0.478 e. The van der Waals surface area contributed by atoms with Crippen molar-refractivity contribution in [1.29, 1.82) is 0 Å². The second-order valence-electron chi connectivity index (χ2n) is 3.50. The van der Waals surface area contributed by atoms with Crippen molar-refractivity contribution in [2.75, 3.05) is 11.9 Å². The first-order chi connectivity index (χ1) is 8.90. The van der Waals surface area contributed by atoms with Gasteiger partial charge in [0.2, 0.25) is 0 Å². The van der Waals surface area contributed by atoms with Gasteiger partial charge < -0.3 is 5.11 Å². The minimum absolute atomic E-state index is 0.257. The van der Waals surface area contributed by atoms with Crippen LogP contribution < -0.4 is 10.2 Å². The number of carboxylic acid groups (broad SMARTS) is 1. The number of anilines is 1. The zero-order valence-corrected chi connectivity index (χ0v) is 9.96. The van der Waals surface area contributed by atoms with Crippen molar-refractivity contribution >= 4 is 23.6 Å². The van der Waals surface area contributed by atoms with Gasteiger partial charge in [0.25, 0.3) is 5.91 Å². The number of imide groups is 1. The lowest BCUT2D eigenvalue weighted by Gasteiger charge is -2.16. The Morgan fingerprint density at radius 1 is 1.32 bits per heavy atom. The number of nitrogens with one attached hydrogen (secondary N) is 1.